The third-order valence-corrected chi connectivity index (χ3v) is 18.4. The first kappa shape index (κ1) is 59.3. The predicted octanol–water partition coefficient (Wildman–Crippen LogP) is 23.0. The Hall–Kier alpha value is -9.45. The summed E-state index contributed by atoms with van der Waals surface area (Å²) < 4.78 is 0. The molecule has 3 unspecified atom stereocenters. The van der Waals surface area contributed by atoms with Gasteiger partial charge in [0, 0.05) is 55.9 Å². The van der Waals surface area contributed by atoms with Crippen molar-refractivity contribution in [1.29, 1.82) is 0 Å². The lowest BCUT2D eigenvalue weighted by atomic mass is 9.73. The number of hydrogen-bond acceptors (Lipinski definition) is 4. The zero-order valence-electron chi connectivity index (χ0n) is 50.0. The van der Waals surface area contributed by atoms with E-state index >= 15 is 0 Å². The van der Waals surface area contributed by atoms with Crippen LogP contribution in [0.1, 0.15) is 67.9 Å². The van der Waals surface area contributed by atoms with Gasteiger partial charge < -0.3 is 9.80 Å². The minimum atomic E-state index is -0.154. The zero-order chi connectivity index (χ0) is 60.0. The molecule has 3 aliphatic carbocycles. The third kappa shape index (κ3) is 14.0. The molecule has 4 heteroatoms. The maximum absolute atomic E-state index is 5.71. The highest BCUT2D eigenvalue weighted by Gasteiger charge is 2.45. The fourth-order valence-electron chi connectivity index (χ4n) is 12.1. The number of nitrogens with zero attached hydrogens (tertiary/aromatic N) is 2. The zero-order valence-corrected chi connectivity index (χ0v) is 51.6. The monoisotopic (exact) mass is 1160 g/mol. The van der Waals surface area contributed by atoms with E-state index in [9.17, 15) is 0 Å². The van der Waals surface area contributed by atoms with Gasteiger partial charge in [-0.2, -0.15) is 0 Å². The van der Waals surface area contributed by atoms with Gasteiger partial charge in [0.05, 0.1) is 6.04 Å². The van der Waals surface area contributed by atoms with E-state index < -0.39 is 0 Å². The van der Waals surface area contributed by atoms with Crippen LogP contribution >= 0.6 is 23.6 Å². The van der Waals surface area contributed by atoms with Gasteiger partial charge in [-0.15, -0.1) is 11.3 Å². The van der Waals surface area contributed by atoms with Crippen LogP contribution in [0.15, 0.2) is 334 Å². The lowest BCUT2D eigenvalue weighted by molar-refractivity contribution is 0.310. The second-order valence-electron chi connectivity index (χ2n) is 22.7. The Morgan fingerprint density at radius 1 is 0.644 bits per heavy atom. The van der Waals surface area contributed by atoms with Gasteiger partial charge in [0.2, 0.25) is 0 Å². The highest BCUT2D eigenvalue weighted by atomic mass is 32.1. The molecule has 0 bridgehead atoms. The maximum atomic E-state index is 5.71. The van der Waals surface area contributed by atoms with Crippen LogP contribution in [0.25, 0.3) is 49.2 Å². The van der Waals surface area contributed by atoms with Crippen LogP contribution < -0.4 is 4.90 Å². The Morgan fingerprint density at radius 3 is 1.97 bits per heavy atom. The summed E-state index contributed by atoms with van der Waals surface area (Å²) >= 11 is 7.55. The summed E-state index contributed by atoms with van der Waals surface area (Å²) in [5.74, 6) is 0.368. The molecule has 1 aromatic heterocycles. The van der Waals surface area contributed by atoms with Gasteiger partial charge in [0.15, 0.2) is 0 Å². The average molecular weight is 1160 g/mol. The summed E-state index contributed by atoms with van der Waals surface area (Å²) in [6, 6.07) is 70.2. The molecule has 87 heavy (non-hydrogen) atoms. The van der Waals surface area contributed by atoms with Gasteiger partial charge in [0.25, 0.3) is 0 Å². The first-order valence-electron chi connectivity index (χ1n) is 30.2. The topological polar surface area (TPSA) is 6.48 Å². The van der Waals surface area contributed by atoms with Crippen molar-refractivity contribution in [2.24, 2.45) is 11.8 Å². The fourth-order valence-corrected chi connectivity index (χ4v) is 13.4. The number of anilines is 3. The molecule has 0 spiro atoms. The van der Waals surface area contributed by atoms with E-state index in [4.69, 9.17) is 12.2 Å². The van der Waals surface area contributed by atoms with Crippen molar-refractivity contribution in [3.05, 3.63) is 362 Å². The highest BCUT2D eigenvalue weighted by molar-refractivity contribution is 7.80. The highest BCUT2D eigenvalue weighted by Crippen LogP contribution is 2.56. The Kier molecular flexibility index (Phi) is 19.2. The van der Waals surface area contributed by atoms with Gasteiger partial charge in [0.1, 0.15) is 0 Å². The molecule has 7 aromatic carbocycles. The largest absolute Gasteiger partial charge is 0.344 e. The van der Waals surface area contributed by atoms with E-state index in [1.165, 1.54) is 65.5 Å². The number of thiocarbonyl (C=S) groups is 1. The van der Waals surface area contributed by atoms with E-state index in [0.29, 0.717) is 6.42 Å². The van der Waals surface area contributed by atoms with E-state index in [2.05, 4.69) is 317 Å². The van der Waals surface area contributed by atoms with E-state index in [-0.39, 0.29) is 23.3 Å². The van der Waals surface area contributed by atoms with E-state index in [1.807, 2.05) is 47.8 Å². The molecule has 0 N–H and O–H groups in total. The maximum Gasteiger partial charge on any atom is 0.0614 e. The molecule has 428 valence electrons. The molecule has 0 radical (unpaired) electrons. The first-order chi connectivity index (χ1) is 42.7. The molecule has 0 fully saturated rings. The van der Waals surface area contributed by atoms with Crippen LogP contribution in [0.5, 0.6) is 0 Å². The molecule has 11 rings (SSSR count). The molecule has 2 nitrogen and oxygen atoms in total. The molecule has 3 aliphatic rings. The lowest BCUT2D eigenvalue weighted by Crippen LogP contribution is -2.37. The Balaban J connectivity index is 0.865. The SMILES string of the molecule is C=CC=CC=Cc1ccc(N(c2ccc(-c3ccccc3)cc2)c2ccc3c(c2)C(C)(C)C2CC(N(C=CC)C4C=CC(c5ccc(-c6ccc(-c7ccccc7)s6)cc5)=CC4C=CC/C=C/C=C(C=C)/C=C/CC(=S)c4ccccc4)=CC=C32)cc1. The summed E-state index contributed by atoms with van der Waals surface area (Å²) in [4.78, 5) is 8.42. The predicted molar refractivity (Wildman–Crippen MR) is 381 cm³/mol. The minimum absolute atomic E-state index is 0.0540. The van der Waals surface area contributed by atoms with Crippen LogP contribution in [0.4, 0.5) is 17.1 Å². The summed E-state index contributed by atoms with van der Waals surface area (Å²) in [6.07, 6.45) is 46.2. The molecule has 1 heterocycles. The van der Waals surface area contributed by atoms with E-state index in [0.717, 1.165) is 51.5 Å². The molecule has 8 aromatic rings. The van der Waals surface area contributed by atoms with Crippen molar-refractivity contribution in [3.8, 4) is 32.0 Å². The van der Waals surface area contributed by atoms with Gasteiger partial charge >= 0.3 is 0 Å². The second kappa shape index (κ2) is 28.2. The van der Waals surface area contributed by atoms with Gasteiger partial charge in [-0.25, -0.2) is 0 Å². The number of allylic oxidation sites excluding steroid dienone is 19. The van der Waals surface area contributed by atoms with Gasteiger partial charge in [-0.1, -0.05) is 294 Å². The van der Waals surface area contributed by atoms with Crippen molar-refractivity contribution in [2.75, 3.05) is 4.90 Å². The van der Waals surface area contributed by atoms with Crippen LogP contribution in [0.3, 0.4) is 0 Å². The smallest absolute Gasteiger partial charge is 0.0614 e. The molecule has 0 saturated carbocycles. The van der Waals surface area contributed by atoms with Crippen molar-refractivity contribution < 1.29 is 0 Å². The summed E-state index contributed by atoms with van der Waals surface area (Å²) in [6.45, 7) is 14.9. The van der Waals surface area contributed by atoms with Gasteiger partial charge in [-0.3, -0.25) is 0 Å². The van der Waals surface area contributed by atoms with Crippen LogP contribution in [0.2, 0.25) is 0 Å². The summed E-state index contributed by atoms with van der Waals surface area (Å²) in [5, 5.41) is 0. The number of fused-ring (bicyclic) bond motifs is 3. The number of benzene rings is 7. The molecule has 0 amide bonds. The van der Waals surface area contributed by atoms with Crippen LogP contribution in [-0.4, -0.2) is 15.8 Å². The minimum Gasteiger partial charge on any atom is -0.344 e. The molecular formula is C83H74N2S2. The quantitative estimate of drug-likeness (QED) is 0.0289. The molecule has 3 atom stereocenters. The lowest BCUT2D eigenvalue weighted by Gasteiger charge is -2.40. The van der Waals surface area contributed by atoms with Crippen LogP contribution in [-0.2, 0) is 5.41 Å². The number of thiophene rings is 1. The standard InChI is InChI=1S/C83H74N2S2/c1-6-9-10-16-27-62-37-46-71(47-38-62)85(72-48-43-64(44-49-72)63-29-19-13-20-30-63)74-51-53-76-75-52-50-73(59-77(75)83(4,5)78(76)60-74)84(57-7-2)79-54-45-69(65-39-41-68(42-40-65)82-56-55-81(87-82)67-33-23-15-24-34-67)58-70(79)35-18-12-11-17-26-61(8-3)28-25-36-80(86)66-31-21-14-22-32-66/h6-11,13-35,37-58,60,70,77,79H,1,3,12,36,59H2,2,4-5H3/b10-9?,17-11+,27-16?,28-25+,35-18?,57-7?,61-26+. The van der Waals surface area contributed by atoms with Gasteiger partial charge in [-0.05, 0) is 152 Å². The van der Waals surface area contributed by atoms with Crippen molar-refractivity contribution in [3.63, 3.8) is 0 Å². The Labute approximate surface area is 526 Å². The van der Waals surface area contributed by atoms with Crippen molar-refractivity contribution in [2.45, 2.75) is 51.5 Å². The van der Waals surface area contributed by atoms with E-state index in [1.54, 1.807) is 6.08 Å². The molecular weight excluding hydrogens is 1090 g/mol. The molecule has 0 aliphatic heterocycles. The fraction of sp³-hybridized carbons (Fsp3) is 0.120. The summed E-state index contributed by atoms with van der Waals surface area (Å²) in [7, 11) is 0. The first-order valence-corrected chi connectivity index (χ1v) is 31.5. The number of rotatable bonds is 22. The Morgan fingerprint density at radius 2 is 1.28 bits per heavy atom. The Bertz CT molecular complexity index is 4080. The third-order valence-electron chi connectivity index (χ3n) is 16.8. The van der Waals surface area contributed by atoms with Crippen molar-refractivity contribution in [1.82, 2.24) is 4.90 Å². The second-order valence-corrected chi connectivity index (χ2v) is 24.3. The average Bonchev–Trinajstić information content (AvgIpc) is 1.66. The normalized spacial score (nSPS) is 17.3. The summed E-state index contributed by atoms with van der Waals surface area (Å²) in [5.41, 5.74) is 19.2. The number of hydrogen-bond donors (Lipinski definition) is 0. The van der Waals surface area contributed by atoms with Crippen LogP contribution in [0, 0.1) is 11.8 Å². The molecule has 0 saturated heterocycles. The van der Waals surface area contributed by atoms with Crippen molar-refractivity contribution >= 4 is 62.7 Å².